The molecule has 0 aliphatic rings. The van der Waals surface area contributed by atoms with Crippen LogP contribution in [0.1, 0.15) is 9.67 Å². The lowest BCUT2D eigenvalue weighted by Crippen LogP contribution is -2.26. The first-order valence-electron chi connectivity index (χ1n) is 6.37. The zero-order valence-corrected chi connectivity index (χ0v) is 12.6. The van der Waals surface area contributed by atoms with Gasteiger partial charge in [-0.25, -0.2) is 4.98 Å². The number of anilines is 1. The molecule has 3 rings (SSSR count). The van der Waals surface area contributed by atoms with Crippen molar-refractivity contribution < 1.29 is 4.79 Å². The Morgan fingerprint density at radius 3 is 3.05 bits per heavy atom. The van der Waals surface area contributed by atoms with Crippen molar-refractivity contribution in [2.24, 2.45) is 0 Å². The first-order chi connectivity index (χ1) is 10.2. The van der Waals surface area contributed by atoms with Gasteiger partial charge >= 0.3 is 0 Å². The molecule has 3 N–H and O–H groups in total. The summed E-state index contributed by atoms with van der Waals surface area (Å²) in [4.78, 5) is 16.7. The van der Waals surface area contributed by atoms with Crippen molar-refractivity contribution in [3.63, 3.8) is 0 Å². The van der Waals surface area contributed by atoms with E-state index in [4.69, 9.17) is 17.3 Å². The van der Waals surface area contributed by atoms with Crippen LogP contribution in [0, 0.1) is 0 Å². The Bertz CT molecular complexity index is 782. The van der Waals surface area contributed by atoms with Crippen LogP contribution in [0.5, 0.6) is 0 Å². The van der Waals surface area contributed by atoms with Crippen molar-refractivity contribution in [1.82, 2.24) is 14.9 Å². The van der Waals surface area contributed by atoms with E-state index in [9.17, 15) is 4.79 Å². The number of nitrogen functional groups attached to an aromatic ring is 1. The highest BCUT2D eigenvalue weighted by molar-refractivity contribution is 7.21. The molecule has 0 fully saturated rings. The molecular formula is C14H13ClN4OS. The molecule has 0 bridgehead atoms. The summed E-state index contributed by atoms with van der Waals surface area (Å²) in [6.45, 7) is 1.17. The monoisotopic (exact) mass is 320 g/mol. The lowest BCUT2D eigenvalue weighted by molar-refractivity contribution is 0.0957. The molecule has 108 valence electrons. The number of halogens is 1. The van der Waals surface area contributed by atoms with Crippen molar-refractivity contribution in [2.75, 3.05) is 12.3 Å². The Morgan fingerprint density at radius 2 is 2.33 bits per heavy atom. The van der Waals surface area contributed by atoms with Crippen LogP contribution in [0.2, 0.25) is 5.02 Å². The van der Waals surface area contributed by atoms with Crippen molar-refractivity contribution in [1.29, 1.82) is 0 Å². The largest absolute Gasteiger partial charge is 0.397 e. The minimum atomic E-state index is -0.176. The van der Waals surface area contributed by atoms with Gasteiger partial charge in [0.25, 0.3) is 5.91 Å². The molecule has 3 aromatic rings. The molecule has 1 aromatic carbocycles. The average Bonchev–Trinajstić information content (AvgIpc) is 3.08. The van der Waals surface area contributed by atoms with E-state index in [0.29, 0.717) is 28.7 Å². The van der Waals surface area contributed by atoms with Gasteiger partial charge in [-0.15, -0.1) is 11.3 Å². The van der Waals surface area contributed by atoms with E-state index in [1.807, 2.05) is 22.9 Å². The van der Waals surface area contributed by atoms with Gasteiger partial charge in [-0.05, 0) is 12.1 Å². The van der Waals surface area contributed by atoms with Crippen LogP contribution in [0.4, 0.5) is 5.69 Å². The number of benzene rings is 1. The fourth-order valence-electron chi connectivity index (χ4n) is 2.10. The van der Waals surface area contributed by atoms with Crippen LogP contribution in [0.15, 0.2) is 36.9 Å². The van der Waals surface area contributed by atoms with Gasteiger partial charge in [0.05, 0.1) is 17.0 Å². The molecule has 1 amide bonds. The Morgan fingerprint density at radius 1 is 1.48 bits per heavy atom. The molecule has 0 aliphatic carbocycles. The van der Waals surface area contributed by atoms with Crippen molar-refractivity contribution in [2.45, 2.75) is 6.54 Å². The first kappa shape index (κ1) is 13.9. The number of amides is 1. The van der Waals surface area contributed by atoms with Crippen LogP contribution >= 0.6 is 22.9 Å². The number of rotatable bonds is 4. The lowest BCUT2D eigenvalue weighted by Gasteiger charge is -2.05. The lowest BCUT2D eigenvalue weighted by atomic mass is 10.2. The predicted molar refractivity (Wildman–Crippen MR) is 85.8 cm³/mol. The highest BCUT2D eigenvalue weighted by Crippen LogP contribution is 2.37. The van der Waals surface area contributed by atoms with Gasteiger partial charge in [0, 0.05) is 35.6 Å². The fraction of sp³-hybridized carbons (Fsp3) is 0.143. The Hall–Kier alpha value is -2.05. The zero-order valence-electron chi connectivity index (χ0n) is 11.0. The molecule has 2 heterocycles. The average molecular weight is 321 g/mol. The van der Waals surface area contributed by atoms with E-state index < -0.39 is 0 Å². The minimum absolute atomic E-state index is 0.176. The number of hydrogen-bond acceptors (Lipinski definition) is 4. The molecule has 0 atom stereocenters. The van der Waals surface area contributed by atoms with Gasteiger partial charge in [0.15, 0.2) is 0 Å². The van der Waals surface area contributed by atoms with Gasteiger partial charge < -0.3 is 15.6 Å². The number of aromatic nitrogens is 2. The summed E-state index contributed by atoms with van der Waals surface area (Å²) in [5.74, 6) is -0.176. The van der Waals surface area contributed by atoms with E-state index in [-0.39, 0.29) is 5.91 Å². The highest BCUT2D eigenvalue weighted by Gasteiger charge is 2.17. The highest BCUT2D eigenvalue weighted by atomic mass is 35.5. The minimum Gasteiger partial charge on any atom is -0.397 e. The number of imidazole rings is 1. The molecule has 2 aromatic heterocycles. The fourth-order valence-corrected chi connectivity index (χ4v) is 3.49. The SMILES string of the molecule is Nc1c(C(=O)NCCn2ccnc2)sc2cccc(Cl)c12. The number of nitrogens with two attached hydrogens (primary N) is 1. The van der Waals surface area contributed by atoms with Crippen LogP contribution in [-0.4, -0.2) is 22.0 Å². The van der Waals surface area contributed by atoms with Crippen LogP contribution in [0.25, 0.3) is 10.1 Å². The Kier molecular flexibility index (Phi) is 3.81. The summed E-state index contributed by atoms with van der Waals surface area (Å²) in [7, 11) is 0. The molecule has 0 spiro atoms. The summed E-state index contributed by atoms with van der Waals surface area (Å²) in [6, 6.07) is 5.53. The van der Waals surface area contributed by atoms with Gasteiger partial charge in [0.2, 0.25) is 0 Å². The third-order valence-electron chi connectivity index (χ3n) is 3.12. The van der Waals surface area contributed by atoms with E-state index in [0.717, 1.165) is 10.1 Å². The second kappa shape index (κ2) is 5.75. The number of carbonyl (C=O) groups excluding carboxylic acids is 1. The number of carbonyl (C=O) groups is 1. The maximum Gasteiger partial charge on any atom is 0.263 e. The molecule has 0 saturated carbocycles. The van der Waals surface area contributed by atoms with Gasteiger partial charge in [-0.1, -0.05) is 17.7 Å². The Labute approximate surface area is 130 Å². The van der Waals surface area contributed by atoms with Crippen LogP contribution in [0.3, 0.4) is 0 Å². The summed E-state index contributed by atoms with van der Waals surface area (Å²) < 4.78 is 2.81. The normalized spacial score (nSPS) is 10.9. The van der Waals surface area contributed by atoms with E-state index in [1.165, 1.54) is 11.3 Å². The van der Waals surface area contributed by atoms with Crippen LogP contribution in [-0.2, 0) is 6.54 Å². The zero-order chi connectivity index (χ0) is 14.8. The third kappa shape index (κ3) is 2.72. The van der Waals surface area contributed by atoms with Crippen molar-refractivity contribution in [3.05, 3.63) is 46.8 Å². The molecule has 0 saturated heterocycles. The second-order valence-corrected chi connectivity index (χ2v) is 5.97. The molecule has 5 nitrogen and oxygen atoms in total. The summed E-state index contributed by atoms with van der Waals surface area (Å²) in [6.07, 6.45) is 5.26. The molecule has 0 radical (unpaired) electrons. The predicted octanol–water partition coefficient (Wildman–Crippen LogP) is 2.76. The molecule has 21 heavy (non-hydrogen) atoms. The second-order valence-electron chi connectivity index (χ2n) is 4.51. The maximum atomic E-state index is 12.2. The smallest absolute Gasteiger partial charge is 0.263 e. The van der Waals surface area contributed by atoms with Crippen LogP contribution < -0.4 is 11.1 Å². The summed E-state index contributed by atoms with van der Waals surface area (Å²) >= 11 is 7.49. The third-order valence-corrected chi connectivity index (χ3v) is 4.61. The molecule has 0 aliphatic heterocycles. The number of nitrogens with zero attached hydrogens (tertiary/aromatic N) is 2. The first-order valence-corrected chi connectivity index (χ1v) is 7.56. The van der Waals surface area contributed by atoms with Gasteiger partial charge in [-0.2, -0.15) is 0 Å². The number of nitrogens with one attached hydrogen (secondary N) is 1. The Balaban J connectivity index is 1.75. The topological polar surface area (TPSA) is 72.9 Å². The van der Waals surface area contributed by atoms with Gasteiger partial charge in [0.1, 0.15) is 4.88 Å². The summed E-state index contributed by atoms with van der Waals surface area (Å²) in [5, 5.41) is 4.18. The van der Waals surface area contributed by atoms with Crippen molar-refractivity contribution >= 4 is 44.6 Å². The van der Waals surface area contributed by atoms with Gasteiger partial charge in [-0.3, -0.25) is 4.79 Å². The number of thiophene rings is 1. The van der Waals surface area contributed by atoms with Crippen molar-refractivity contribution in [3.8, 4) is 0 Å². The number of hydrogen-bond donors (Lipinski definition) is 2. The molecular weight excluding hydrogens is 308 g/mol. The summed E-state index contributed by atoms with van der Waals surface area (Å²) in [5.41, 5.74) is 6.50. The quantitative estimate of drug-likeness (QED) is 0.776. The standard InChI is InChI=1S/C14H13ClN4OS/c15-9-2-1-3-10-11(9)12(16)13(21-10)14(20)18-5-7-19-6-4-17-8-19/h1-4,6,8H,5,7,16H2,(H,18,20). The molecule has 7 heteroatoms. The van der Waals surface area contributed by atoms with E-state index in [1.54, 1.807) is 18.6 Å². The number of fused-ring (bicyclic) bond motifs is 1. The maximum absolute atomic E-state index is 12.2. The molecule has 0 unspecified atom stereocenters. The van der Waals surface area contributed by atoms with E-state index in [2.05, 4.69) is 10.3 Å². The van der Waals surface area contributed by atoms with E-state index >= 15 is 0 Å².